The monoisotopic (exact) mass is 479 g/mol. The van der Waals surface area contributed by atoms with Crippen LogP contribution in [0.25, 0.3) is 0 Å². The van der Waals surface area contributed by atoms with Crippen molar-refractivity contribution in [3.63, 3.8) is 0 Å². The molecule has 0 aliphatic carbocycles. The molecule has 2 aromatic carbocycles. The first-order valence-corrected chi connectivity index (χ1v) is 14.0. The summed E-state index contributed by atoms with van der Waals surface area (Å²) in [5.74, 6) is 0.175. The molecule has 180 valence electrons. The average Bonchev–Trinajstić information content (AvgIpc) is 3.20. The topological polar surface area (TPSA) is 111 Å². The summed E-state index contributed by atoms with van der Waals surface area (Å²) in [5, 5.41) is 22.1. The van der Waals surface area contributed by atoms with Crippen LogP contribution < -0.4 is 21.8 Å². The van der Waals surface area contributed by atoms with Crippen LogP contribution in [0.3, 0.4) is 0 Å². The van der Waals surface area contributed by atoms with Gasteiger partial charge in [-0.2, -0.15) is 4.98 Å². The van der Waals surface area contributed by atoms with Crippen molar-refractivity contribution in [3.05, 3.63) is 82.9 Å². The molecule has 4 N–H and O–H groups in total. The number of anilines is 1. The Morgan fingerprint density at radius 2 is 1.74 bits per heavy atom. The molecule has 3 aromatic rings. The Bertz CT molecular complexity index is 1130. The lowest BCUT2D eigenvalue weighted by atomic mass is 10.2. The molecule has 1 aliphatic heterocycles. The van der Waals surface area contributed by atoms with E-state index in [1.807, 2.05) is 36.4 Å². The molecule has 0 unspecified atom stereocenters. The Morgan fingerprint density at radius 1 is 1.15 bits per heavy atom. The van der Waals surface area contributed by atoms with Gasteiger partial charge in [0.05, 0.1) is 12.7 Å². The number of aliphatic hydroxyl groups excluding tert-OH is 2. The van der Waals surface area contributed by atoms with Crippen LogP contribution >= 0.6 is 0 Å². The fraction of sp³-hybridized carbons (Fsp3) is 0.385. The molecule has 0 spiro atoms. The van der Waals surface area contributed by atoms with Gasteiger partial charge in [0, 0.05) is 18.2 Å². The molecule has 2 heterocycles. The quantitative estimate of drug-likeness (QED) is 0.423. The lowest BCUT2D eigenvalue weighted by molar-refractivity contribution is -0.0750. The van der Waals surface area contributed by atoms with E-state index in [1.165, 1.54) is 0 Å². The molecule has 7 nitrogen and oxygen atoms in total. The van der Waals surface area contributed by atoms with Gasteiger partial charge in [-0.3, -0.25) is 4.57 Å². The second-order valence-electron chi connectivity index (χ2n) is 9.10. The highest BCUT2D eigenvalue weighted by atomic mass is 28.3. The van der Waals surface area contributed by atoms with E-state index in [-0.39, 0.29) is 18.8 Å². The second-order valence-corrected chi connectivity index (χ2v) is 13.3. The summed E-state index contributed by atoms with van der Waals surface area (Å²) in [7, 11) is -3.01. The van der Waals surface area contributed by atoms with Crippen LogP contribution in [0.15, 0.2) is 71.7 Å². The number of aryl methyl sites for hydroxylation is 1. The normalized spacial score (nSPS) is 22.7. The largest absolute Gasteiger partial charge is 0.394 e. The molecule has 1 fully saturated rings. The fourth-order valence-corrected chi connectivity index (χ4v) is 11.5. The van der Waals surface area contributed by atoms with Gasteiger partial charge in [0.25, 0.3) is 0 Å². The summed E-state index contributed by atoms with van der Waals surface area (Å²) in [6.45, 7) is 3.60. The minimum atomic E-state index is -3.01. The van der Waals surface area contributed by atoms with Crippen molar-refractivity contribution in [2.75, 3.05) is 12.3 Å². The predicted molar refractivity (Wildman–Crippen MR) is 136 cm³/mol. The number of ether oxygens (including phenoxy) is 1. The minimum absolute atomic E-state index is 0.170. The Morgan fingerprint density at radius 3 is 2.24 bits per heavy atom. The minimum Gasteiger partial charge on any atom is -0.394 e. The third-order valence-corrected chi connectivity index (χ3v) is 12.7. The molecule has 8 heteroatoms. The third kappa shape index (κ3) is 3.90. The van der Waals surface area contributed by atoms with E-state index in [0.717, 1.165) is 29.3 Å². The van der Waals surface area contributed by atoms with Gasteiger partial charge in [-0.25, -0.2) is 4.79 Å². The maximum atomic E-state index is 13.4. The Kier molecular flexibility index (Phi) is 7.04. The Balaban J connectivity index is 2.14. The standard InChI is InChI=1S/C26H33N3O4Si/c1-3-4-15-34(20-11-7-5-8-12-20,21-13-9-6-10-14-21)26(16-22(31)23(18-30)33-26)29-17-19(2)24(27)28-25(29)32/h5-14,17,22-23,30-31H,3-4,15-16,18H2,1-2H3,(H2,27,28,32)/t22-,23+,26-/m0/s1. The number of benzene rings is 2. The first-order chi connectivity index (χ1) is 16.4. The van der Waals surface area contributed by atoms with E-state index >= 15 is 0 Å². The SMILES string of the molecule is CCCC[Si](c1ccccc1)(c1ccccc1)[C@]1(n2cc(C)c(N)nc2=O)C[C@H](O)[C@@H](CO)O1. The van der Waals surface area contributed by atoms with E-state index in [1.54, 1.807) is 17.7 Å². The Hall–Kier alpha value is -2.78. The molecule has 3 atom stereocenters. The van der Waals surface area contributed by atoms with Crippen molar-refractivity contribution in [2.45, 2.75) is 56.7 Å². The predicted octanol–water partition coefficient (Wildman–Crippen LogP) is 1.53. The van der Waals surface area contributed by atoms with Crippen molar-refractivity contribution in [1.82, 2.24) is 9.55 Å². The number of rotatable bonds is 8. The molecule has 1 aromatic heterocycles. The molecule has 34 heavy (non-hydrogen) atoms. The van der Waals surface area contributed by atoms with Gasteiger partial charge in [-0.15, -0.1) is 0 Å². The van der Waals surface area contributed by atoms with Crippen molar-refractivity contribution in [3.8, 4) is 0 Å². The smallest absolute Gasteiger partial charge is 0.351 e. The van der Waals surface area contributed by atoms with Crippen LogP contribution in [0, 0.1) is 6.92 Å². The van der Waals surface area contributed by atoms with Crippen LogP contribution in [0.4, 0.5) is 5.82 Å². The van der Waals surface area contributed by atoms with Crippen LogP contribution in [-0.4, -0.2) is 46.7 Å². The molecule has 0 saturated carbocycles. The van der Waals surface area contributed by atoms with E-state index < -0.39 is 31.3 Å². The summed E-state index contributed by atoms with van der Waals surface area (Å²) >= 11 is 0. The number of nitrogens with zero attached hydrogens (tertiary/aromatic N) is 2. The summed E-state index contributed by atoms with van der Waals surface area (Å²) < 4.78 is 8.24. The third-order valence-electron chi connectivity index (χ3n) is 7.08. The molecule has 1 aliphatic rings. The maximum absolute atomic E-state index is 13.4. The Labute approximate surface area is 200 Å². The lowest BCUT2D eigenvalue weighted by Gasteiger charge is -2.48. The maximum Gasteiger partial charge on any atom is 0.351 e. The van der Waals surface area contributed by atoms with Gasteiger partial charge >= 0.3 is 5.69 Å². The van der Waals surface area contributed by atoms with Gasteiger partial charge in [0.15, 0.2) is 8.07 Å². The molecular weight excluding hydrogens is 446 g/mol. The van der Waals surface area contributed by atoms with Crippen molar-refractivity contribution >= 4 is 24.3 Å². The zero-order valence-corrected chi connectivity index (χ0v) is 20.7. The lowest BCUT2D eigenvalue weighted by Crippen LogP contribution is -2.75. The molecule has 0 radical (unpaired) electrons. The summed E-state index contributed by atoms with van der Waals surface area (Å²) in [5.41, 5.74) is 6.12. The van der Waals surface area contributed by atoms with Crippen molar-refractivity contribution in [2.24, 2.45) is 0 Å². The molecule has 0 bridgehead atoms. The fourth-order valence-electron chi connectivity index (χ4n) is 5.39. The molecular formula is C26H33N3O4Si. The highest BCUT2D eigenvalue weighted by Gasteiger charge is 2.63. The van der Waals surface area contributed by atoms with E-state index in [2.05, 4.69) is 36.2 Å². The van der Waals surface area contributed by atoms with Gasteiger partial charge in [0.1, 0.15) is 17.3 Å². The van der Waals surface area contributed by atoms with Crippen LogP contribution in [-0.2, 0) is 10.1 Å². The molecule has 4 rings (SSSR count). The van der Waals surface area contributed by atoms with E-state index in [4.69, 9.17) is 10.5 Å². The van der Waals surface area contributed by atoms with Crippen LogP contribution in [0.2, 0.25) is 6.04 Å². The van der Waals surface area contributed by atoms with E-state index in [0.29, 0.717) is 5.56 Å². The summed E-state index contributed by atoms with van der Waals surface area (Å²) in [6, 6.07) is 21.1. The van der Waals surface area contributed by atoms with Crippen molar-refractivity contribution < 1.29 is 14.9 Å². The van der Waals surface area contributed by atoms with Crippen molar-refractivity contribution in [1.29, 1.82) is 0 Å². The first kappa shape index (κ1) is 24.3. The first-order valence-electron chi connectivity index (χ1n) is 11.8. The summed E-state index contributed by atoms with van der Waals surface area (Å²) in [6.07, 6.45) is 2.00. The summed E-state index contributed by atoms with van der Waals surface area (Å²) in [4.78, 5) is 17.5. The van der Waals surface area contributed by atoms with Crippen LogP contribution in [0.1, 0.15) is 31.7 Å². The number of nitrogens with two attached hydrogens (primary N) is 1. The van der Waals surface area contributed by atoms with Gasteiger partial charge < -0.3 is 20.7 Å². The molecule has 0 amide bonds. The average molecular weight is 480 g/mol. The number of nitrogen functional groups attached to an aromatic ring is 1. The zero-order chi connectivity index (χ0) is 24.3. The van der Waals surface area contributed by atoms with E-state index in [9.17, 15) is 15.0 Å². The zero-order valence-electron chi connectivity index (χ0n) is 19.7. The molecule has 1 saturated heterocycles. The van der Waals surface area contributed by atoms with Gasteiger partial charge in [-0.1, -0.05) is 80.4 Å². The number of hydrogen-bond donors (Lipinski definition) is 3. The van der Waals surface area contributed by atoms with Gasteiger partial charge in [0.2, 0.25) is 0 Å². The highest BCUT2D eigenvalue weighted by Crippen LogP contribution is 2.44. The van der Waals surface area contributed by atoms with Gasteiger partial charge in [-0.05, 0) is 23.3 Å². The highest BCUT2D eigenvalue weighted by molar-refractivity contribution is 7.03. The van der Waals surface area contributed by atoms with Crippen LogP contribution in [0.5, 0.6) is 0 Å². The second kappa shape index (κ2) is 9.83. The number of hydrogen-bond acceptors (Lipinski definition) is 6. The number of aliphatic hydroxyl groups is 2. The number of aromatic nitrogens is 2. The number of unbranched alkanes of at least 4 members (excludes halogenated alkanes) is 1.